The Kier molecular flexibility index (Phi) is 17.2. The smallest absolute Gasteiger partial charge is 0.228 e. The normalized spacial score (nSPS) is 10.8. The Morgan fingerprint density at radius 3 is 2.20 bits per heavy atom. The van der Waals surface area contributed by atoms with Crippen molar-refractivity contribution in [3.05, 3.63) is 75.2 Å². The first kappa shape index (κ1) is 34.3. The van der Waals surface area contributed by atoms with Gasteiger partial charge >= 0.3 is 0 Å². The van der Waals surface area contributed by atoms with Gasteiger partial charge in [0.1, 0.15) is 5.75 Å². The molecule has 0 saturated carbocycles. The number of nitrogens with one attached hydrogen (secondary N) is 1. The van der Waals surface area contributed by atoms with E-state index >= 15 is 0 Å². The second-order valence-electron chi connectivity index (χ2n) is 10.5. The average Bonchev–Trinajstić information content (AvgIpc) is 3.33. The van der Waals surface area contributed by atoms with Crippen molar-refractivity contribution >= 4 is 34.5 Å². The van der Waals surface area contributed by atoms with Gasteiger partial charge in [0.05, 0.1) is 29.1 Å². The quantitative estimate of drug-likeness (QED) is 0.122. The molecule has 7 heteroatoms. The molecule has 4 nitrogen and oxygen atoms in total. The zero-order valence-corrected chi connectivity index (χ0v) is 27.4. The van der Waals surface area contributed by atoms with Gasteiger partial charge in [0.15, 0.2) is 12.2 Å². The fraction of sp³-hybridized carbons (Fsp3) is 0.515. The van der Waals surface area contributed by atoms with E-state index < -0.39 is 0 Å². The van der Waals surface area contributed by atoms with Crippen molar-refractivity contribution in [3.63, 3.8) is 0 Å². The molecular formula is C33H46BrClN2O2S. The molecule has 40 heavy (non-hydrogen) atoms. The number of rotatable bonds is 19. The van der Waals surface area contributed by atoms with Crippen molar-refractivity contribution in [1.82, 2.24) is 0 Å². The topological polar surface area (TPSA) is 42.2 Å². The highest BCUT2D eigenvalue weighted by Crippen LogP contribution is 2.26. The number of benzene rings is 2. The van der Waals surface area contributed by atoms with Crippen LogP contribution in [0.4, 0.5) is 5.69 Å². The summed E-state index contributed by atoms with van der Waals surface area (Å²) in [6, 6.07) is 13.6. The van der Waals surface area contributed by atoms with E-state index in [1.165, 1.54) is 76.3 Å². The summed E-state index contributed by atoms with van der Waals surface area (Å²) < 4.78 is 8.11. The molecule has 3 aromatic rings. The number of unbranched alkanes of at least 4 members (excludes halogenated alkanes) is 11. The highest BCUT2D eigenvalue weighted by molar-refractivity contribution is 7.07. The number of aromatic nitrogens is 1. The number of carbonyl (C=O) groups excluding carboxylic acids is 1. The molecule has 1 heterocycles. The predicted octanol–water partition coefficient (Wildman–Crippen LogP) is 6.31. The van der Waals surface area contributed by atoms with Gasteiger partial charge in [0.25, 0.3) is 0 Å². The molecule has 220 valence electrons. The molecule has 2 aromatic carbocycles. The monoisotopic (exact) mass is 648 g/mol. The van der Waals surface area contributed by atoms with Gasteiger partial charge in [-0.15, -0.1) is 0 Å². The molecule has 0 spiro atoms. The fourth-order valence-electron chi connectivity index (χ4n) is 4.76. The average molecular weight is 650 g/mol. The number of hydrogen-bond acceptors (Lipinski definition) is 3. The summed E-state index contributed by atoms with van der Waals surface area (Å²) in [6.45, 7) is 5.76. The lowest BCUT2D eigenvalue weighted by Gasteiger charge is -2.11. The van der Waals surface area contributed by atoms with E-state index in [0.29, 0.717) is 17.4 Å². The number of aryl methyl sites for hydroxylation is 1. The van der Waals surface area contributed by atoms with Gasteiger partial charge < -0.3 is 27.0 Å². The number of ether oxygens (including phenoxy) is 1. The molecule has 0 radical (unpaired) electrons. The van der Waals surface area contributed by atoms with E-state index in [1.807, 2.05) is 36.4 Å². The third kappa shape index (κ3) is 12.7. The molecular weight excluding hydrogens is 604 g/mol. The molecule has 0 unspecified atom stereocenters. The van der Waals surface area contributed by atoms with Crippen molar-refractivity contribution in [3.8, 4) is 5.75 Å². The van der Waals surface area contributed by atoms with E-state index in [2.05, 4.69) is 40.7 Å². The molecule has 0 aliphatic rings. The Bertz CT molecular complexity index is 1140. The lowest BCUT2D eigenvalue weighted by atomic mass is 10.1. The highest BCUT2D eigenvalue weighted by atomic mass is 79.9. The number of amides is 1. The Hall–Kier alpha value is -1.89. The summed E-state index contributed by atoms with van der Waals surface area (Å²) in [7, 11) is 0. The third-order valence-electron chi connectivity index (χ3n) is 7.13. The first-order valence-electron chi connectivity index (χ1n) is 14.8. The van der Waals surface area contributed by atoms with Crippen LogP contribution in [-0.4, -0.2) is 12.5 Å². The van der Waals surface area contributed by atoms with E-state index in [9.17, 15) is 4.79 Å². The van der Waals surface area contributed by atoms with Crippen molar-refractivity contribution in [1.29, 1.82) is 0 Å². The lowest BCUT2D eigenvalue weighted by molar-refractivity contribution is -0.689. The van der Waals surface area contributed by atoms with Crippen LogP contribution in [0.5, 0.6) is 5.75 Å². The molecule has 0 aliphatic carbocycles. The van der Waals surface area contributed by atoms with Gasteiger partial charge in [-0.25, -0.2) is 0 Å². The van der Waals surface area contributed by atoms with Crippen LogP contribution in [0.15, 0.2) is 53.4 Å². The number of halogens is 2. The Morgan fingerprint density at radius 2 is 1.57 bits per heavy atom. The van der Waals surface area contributed by atoms with Gasteiger partial charge in [0.2, 0.25) is 11.4 Å². The summed E-state index contributed by atoms with van der Waals surface area (Å²) >= 11 is 8.16. The summed E-state index contributed by atoms with van der Waals surface area (Å²) in [4.78, 5) is 12.8. The maximum atomic E-state index is 12.8. The van der Waals surface area contributed by atoms with Crippen LogP contribution in [-0.2, 0) is 17.8 Å². The number of nitrogens with zero attached hydrogens (tertiary/aromatic N) is 1. The van der Waals surface area contributed by atoms with Crippen LogP contribution < -0.4 is 31.6 Å². The summed E-state index contributed by atoms with van der Waals surface area (Å²) in [5, 5.41) is 5.76. The SMILES string of the molecule is CCCCCCCCCCCCCCOc1ccc(CC(=O)Nc2ccccc2C[n+]2cscc2C)cc1Cl.[Br-]. The van der Waals surface area contributed by atoms with Crippen LogP contribution in [0.3, 0.4) is 0 Å². The molecule has 1 amide bonds. The van der Waals surface area contributed by atoms with Gasteiger partial charge in [-0.1, -0.05) is 125 Å². The van der Waals surface area contributed by atoms with Crippen LogP contribution in [0.1, 0.15) is 101 Å². The summed E-state index contributed by atoms with van der Waals surface area (Å²) in [5.74, 6) is 0.633. The molecule has 1 aromatic heterocycles. The minimum atomic E-state index is -0.0595. The number of carbonyl (C=O) groups is 1. The van der Waals surface area contributed by atoms with Crippen molar-refractivity contribution in [2.24, 2.45) is 0 Å². The Balaban J connectivity index is 0.00000560. The molecule has 1 N–H and O–H groups in total. The summed E-state index contributed by atoms with van der Waals surface area (Å²) in [6.07, 6.45) is 16.2. The number of hydrogen-bond donors (Lipinski definition) is 1. The number of para-hydroxylation sites is 1. The molecule has 0 aliphatic heterocycles. The molecule has 3 rings (SSSR count). The van der Waals surface area contributed by atoms with E-state index in [-0.39, 0.29) is 29.3 Å². The maximum absolute atomic E-state index is 12.8. The number of anilines is 1. The first-order chi connectivity index (χ1) is 19.1. The van der Waals surface area contributed by atoms with E-state index in [1.54, 1.807) is 11.3 Å². The minimum absolute atomic E-state index is 0. The van der Waals surface area contributed by atoms with Gasteiger partial charge in [-0.2, -0.15) is 4.57 Å². The second kappa shape index (κ2) is 20.1. The van der Waals surface area contributed by atoms with Gasteiger partial charge in [-0.3, -0.25) is 4.79 Å². The molecule has 0 bridgehead atoms. The Morgan fingerprint density at radius 1 is 0.925 bits per heavy atom. The molecule has 0 atom stereocenters. The van der Waals surface area contributed by atoms with Crippen molar-refractivity contribution in [2.75, 3.05) is 11.9 Å². The lowest BCUT2D eigenvalue weighted by Crippen LogP contribution is -3.00. The largest absolute Gasteiger partial charge is 1.00 e. The second-order valence-corrected chi connectivity index (χ2v) is 11.6. The maximum Gasteiger partial charge on any atom is 0.228 e. The standard InChI is InChI=1S/C33H45ClN2O2S.BrH/c1-3-4-5-6-7-8-9-10-11-12-13-16-21-38-32-20-19-28(22-30(32)34)23-33(37)35-31-18-15-14-17-29(31)24-36-26-39-25-27(36)2;/h14-15,17-20,22,25-26H,3-13,16,21,23-24H2,1-2H3;1H. The van der Waals surface area contributed by atoms with Crippen molar-refractivity contribution < 1.29 is 31.1 Å². The molecule has 0 fully saturated rings. The fourth-order valence-corrected chi connectivity index (χ4v) is 5.79. The minimum Gasteiger partial charge on any atom is -1.00 e. The predicted molar refractivity (Wildman–Crippen MR) is 165 cm³/mol. The van der Waals surface area contributed by atoms with E-state index in [4.69, 9.17) is 16.3 Å². The van der Waals surface area contributed by atoms with E-state index in [0.717, 1.165) is 29.8 Å². The van der Waals surface area contributed by atoms with Crippen LogP contribution in [0.2, 0.25) is 5.02 Å². The van der Waals surface area contributed by atoms with Gasteiger partial charge in [-0.05, 0) is 30.2 Å². The summed E-state index contributed by atoms with van der Waals surface area (Å²) in [5.41, 5.74) is 6.09. The number of thiazole rings is 1. The first-order valence-corrected chi connectivity index (χ1v) is 16.1. The van der Waals surface area contributed by atoms with Crippen LogP contribution in [0.25, 0.3) is 0 Å². The zero-order chi connectivity index (χ0) is 27.7. The Labute approximate surface area is 261 Å². The van der Waals surface area contributed by atoms with Crippen molar-refractivity contribution in [2.45, 2.75) is 104 Å². The van der Waals surface area contributed by atoms with Crippen LogP contribution in [0, 0.1) is 6.92 Å². The molecule has 0 saturated heterocycles. The van der Waals surface area contributed by atoms with Crippen LogP contribution >= 0.6 is 22.9 Å². The highest BCUT2D eigenvalue weighted by Gasteiger charge is 2.14. The zero-order valence-electron chi connectivity index (χ0n) is 24.2. The third-order valence-corrected chi connectivity index (χ3v) is 8.28. The van der Waals surface area contributed by atoms with Gasteiger partial charge in [0, 0.05) is 12.5 Å².